The van der Waals surface area contributed by atoms with E-state index in [1.807, 2.05) is 6.92 Å². The van der Waals surface area contributed by atoms with Gasteiger partial charge in [-0.1, -0.05) is 19.1 Å². The largest absolute Gasteiger partial charge is 0.492 e. The van der Waals surface area contributed by atoms with Gasteiger partial charge in [-0.2, -0.15) is 0 Å². The first kappa shape index (κ1) is 16.3. The van der Waals surface area contributed by atoms with Gasteiger partial charge in [-0.25, -0.2) is 13.1 Å². The number of rotatable bonds is 8. The molecule has 0 bridgehead atoms. The maximum absolute atomic E-state index is 12.2. The molecule has 2 rings (SSSR count). The Morgan fingerprint density at radius 2 is 2.19 bits per heavy atom. The second kappa shape index (κ2) is 7.77. The van der Waals surface area contributed by atoms with Crippen LogP contribution in [0.5, 0.6) is 5.75 Å². The van der Waals surface area contributed by atoms with Gasteiger partial charge < -0.3 is 10.1 Å². The van der Waals surface area contributed by atoms with Crippen LogP contribution in [0.25, 0.3) is 0 Å². The highest BCUT2D eigenvalue weighted by Crippen LogP contribution is 2.24. The quantitative estimate of drug-likeness (QED) is 0.767. The van der Waals surface area contributed by atoms with Crippen LogP contribution in [0.15, 0.2) is 29.2 Å². The first-order valence-corrected chi connectivity index (χ1v) is 9.04. The highest BCUT2D eigenvalue weighted by Gasteiger charge is 2.19. The molecule has 1 atom stereocenters. The Balaban J connectivity index is 1.99. The number of nitrogens with one attached hydrogen (secondary N) is 2. The summed E-state index contributed by atoms with van der Waals surface area (Å²) in [5, 5.41) is 3.32. The zero-order valence-electron chi connectivity index (χ0n) is 12.5. The monoisotopic (exact) mass is 312 g/mol. The Kier molecular flexibility index (Phi) is 6.02. The lowest BCUT2D eigenvalue weighted by atomic mass is 10.1. The zero-order valence-corrected chi connectivity index (χ0v) is 13.3. The van der Waals surface area contributed by atoms with Crippen molar-refractivity contribution in [2.24, 2.45) is 5.92 Å². The molecule has 1 aromatic carbocycles. The molecule has 1 aliphatic heterocycles. The molecule has 0 radical (unpaired) electrons. The summed E-state index contributed by atoms with van der Waals surface area (Å²) < 4.78 is 32.8. The molecular formula is C15H24N2O3S. The molecule has 118 valence electrons. The number of ether oxygens (including phenoxy) is 1. The molecule has 0 aromatic heterocycles. The topological polar surface area (TPSA) is 67.4 Å². The second-order valence-electron chi connectivity index (χ2n) is 5.34. The van der Waals surface area contributed by atoms with Gasteiger partial charge >= 0.3 is 0 Å². The maximum Gasteiger partial charge on any atom is 0.244 e. The van der Waals surface area contributed by atoms with E-state index in [2.05, 4.69) is 10.0 Å². The number of benzene rings is 1. The Bertz CT molecular complexity index is 540. The highest BCUT2D eigenvalue weighted by atomic mass is 32.2. The molecule has 21 heavy (non-hydrogen) atoms. The van der Waals surface area contributed by atoms with Crippen molar-refractivity contribution in [3.8, 4) is 5.75 Å². The molecule has 0 saturated carbocycles. The normalized spacial score (nSPS) is 18.8. The number of sulfonamides is 1. The van der Waals surface area contributed by atoms with Crippen LogP contribution in [0.4, 0.5) is 0 Å². The van der Waals surface area contributed by atoms with Gasteiger partial charge in [0.15, 0.2) is 0 Å². The van der Waals surface area contributed by atoms with Crippen molar-refractivity contribution in [3.05, 3.63) is 24.3 Å². The predicted octanol–water partition coefficient (Wildman–Crippen LogP) is 1.75. The zero-order chi connectivity index (χ0) is 15.1. The van der Waals surface area contributed by atoms with Crippen LogP contribution in [0.2, 0.25) is 0 Å². The predicted molar refractivity (Wildman–Crippen MR) is 83.0 cm³/mol. The Morgan fingerprint density at radius 1 is 1.38 bits per heavy atom. The van der Waals surface area contributed by atoms with Gasteiger partial charge in [-0.05, 0) is 50.4 Å². The third kappa shape index (κ3) is 4.69. The van der Waals surface area contributed by atoms with Gasteiger partial charge in [0.1, 0.15) is 10.6 Å². The van der Waals surface area contributed by atoms with Gasteiger partial charge in [-0.3, -0.25) is 0 Å². The van der Waals surface area contributed by atoms with Crippen molar-refractivity contribution in [1.29, 1.82) is 0 Å². The van der Waals surface area contributed by atoms with E-state index in [1.165, 1.54) is 6.42 Å². The lowest BCUT2D eigenvalue weighted by molar-refractivity contribution is 0.277. The fourth-order valence-corrected chi connectivity index (χ4v) is 3.68. The molecule has 2 N–H and O–H groups in total. The summed E-state index contributed by atoms with van der Waals surface area (Å²) in [7, 11) is -3.49. The van der Waals surface area contributed by atoms with Crippen LogP contribution >= 0.6 is 0 Å². The Hall–Kier alpha value is -1.11. The molecule has 5 nitrogen and oxygen atoms in total. The van der Waals surface area contributed by atoms with Crippen LogP contribution in [0.1, 0.15) is 26.2 Å². The van der Waals surface area contributed by atoms with Crippen molar-refractivity contribution in [2.75, 3.05) is 26.2 Å². The average molecular weight is 312 g/mol. The van der Waals surface area contributed by atoms with Gasteiger partial charge in [0, 0.05) is 6.54 Å². The maximum atomic E-state index is 12.2. The molecule has 0 amide bonds. The molecule has 0 aliphatic carbocycles. The molecule has 1 aliphatic rings. The van der Waals surface area contributed by atoms with E-state index in [0.717, 1.165) is 25.9 Å². The number of para-hydroxylation sites is 1. The standard InChI is InChI=1S/C15H24N2O3S/c1-2-9-17-21(18,19)15-6-4-3-5-14(15)20-11-8-13-7-10-16-12-13/h3-6,13,16-17H,2,7-12H2,1H3. The minimum absolute atomic E-state index is 0.225. The van der Waals surface area contributed by atoms with Gasteiger partial charge in [0.25, 0.3) is 0 Å². The molecule has 0 spiro atoms. The van der Waals surface area contributed by atoms with E-state index in [0.29, 0.717) is 24.8 Å². The minimum atomic E-state index is -3.49. The third-order valence-corrected chi connectivity index (χ3v) is 5.13. The summed E-state index contributed by atoms with van der Waals surface area (Å²) in [4.78, 5) is 0.225. The number of hydrogen-bond acceptors (Lipinski definition) is 4. The van der Waals surface area contributed by atoms with Crippen LogP contribution in [0.3, 0.4) is 0 Å². The van der Waals surface area contributed by atoms with Crippen molar-refractivity contribution in [3.63, 3.8) is 0 Å². The number of hydrogen-bond donors (Lipinski definition) is 2. The minimum Gasteiger partial charge on any atom is -0.492 e. The SMILES string of the molecule is CCCNS(=O)(=O)c1ccccc1OCCC1CCNC1. The molecule has 1 heterocycles. The van der Waals surface area contributed by atoms with Crippen molar-refractivity contribution in [2.45, 2.75) is 31.1 Å². The smallest absolute Gasteiger partial charge is 0.244 e. The fraction of sp³-hybridized carbons (Fsp3) is 0.600. The fourth-order valence-electron chi connectivity index (χ4n) is 2.40. The van der Waals surface area contributed by atoms with Gasteiger partial charge in [-0.15, -0.1) is 0 Å². The summed E-state index contributed by atoms with van der Waals surface area (Å²) in [6.45, 7) is 5.01. The first-order valence-electron chi connectivity index (χ1n) is 7.55. The van der Waals surface area contributed by atoms with Crippen molar-refractivity contribution < 1.29 is 13.2 Å². The van der Waals surface area contributed by atoms with Crippen LogP contribution in [0, 0.1) is 5.92 Å². The van der Waals surface area contributed by atoms with E-state index < -0.39 is 10.0 Å². The summed E-state index contributed by atoms with van der Waals surface area (Å²) in [6.07, 6.45) is 2.88. The van der Waals surface area contributed by atoms with E-state index in [4.69, 9.17) is 4.74 Å². The molecule has 1 aromatic rings. The van der Waals surface area contributed by atoms with Crippen LogP contribution in [-0.4, -0.2) is 34.7 Å². The average Bonchev–Trinajstić information content (AvgIpc) is 2.99. The van der Waals surface area contributed by atoms with Crippen LogP contribution in [-0.2, 0) is 10.0 Å². The van der Waals surface area contributed by atoms with Gasteiger partial charge in [0.05, 0.1) is 6.61 Å². The summed E-state index contributed by atoms with van der Waals surface area (Å²) in [5.41, 5.74) is 0. The van der Waals surface area contributed by atoms with E-state index in [9.17, 15) is 8.42 Å². The lowest BCUT2D eigenvalue weighted by Gasteiger charge is -2.14. The lowest BCUT2D eigenvalue weighted by Crippen LogP contribution is -2.25. The van der Waals surface area contributed by atoms with E-state index in [-0.39, 0.29) is 4.90 Å². The van der Waals surface area contributed by atoms with Crippen molar-refractivity contribution >= 4 is 10.0 Å². The van der Waals surface area contributed by atoms with Gasteiger partial charge in [0.2, 0.25) is 10.0 Å². The Labute approximate surface area is 127 Å². The molecular weight excluding hydrogens is 288 g/mol. The molecule has 6 heteroatoms. The summed E-state index contributed by atoms with van der Waals surface area (Å²) in [6, 6.07) is 6.82. The summed E-state index contributed by atoms with van der Waals surface area (Å²) in [5.74, 6) is 1.07. The highest BCUT2D eigenvalue weighted by molar-refractivity contribution is 7.89. The Morgan fingerprint density at radius 3 is 2.90 bits per heavy atom. The van der Waals surface area contributed by atoms with E-state index >= 15 is 0 Å². The first-order chi connectivity index (χ1) is 10.1. The molecule has 1 fully saturated rings. The molecule has 1 unspecified atom stereocenters. The second-order valence-corrected chi connectivity index (χ2v) is 7.08. The van der Waals surface area contributed by atoms with E-state index in [1.54, 1.807) is 24.3 Å². The van der Waals surface area contributed by atoms with Crippen LogP contribution < -0.4 is 14.8 Å². The third-order valence-electron chi connectivity index (χ3n) is 3.63. The van der Waals surface area contributed by atoms with Crippen molar-refractivity contribution in [1.82, 2.24) is 10.0 Å². The molecule has 1 saturated heterocycles. The summed E-state index contributed by atoms with van der Waals surface area (Å²) >= 11 is 0.